The van der Waals surface area contributed by atoms with E-state index in [0.29, 0.717) is 19.4 Å². The molecule has 1 atom stereocenters. The molecule has 0 bridgehead atoms. The van der Waals surface area contributed by atoms with Crippen LogP contribution in [0.25, 0.3) is 0 Å². The number of carbonyl (C=O) groups excluding carboxylic acids is 1. The first kappa shape index (κ1) is 18.5. The van der Waals surface area contributed by atoms with Crippen molar-refractivity contribution >= 4 is 21.6 Å². The quantitative estimate of drug-likeness (QED) is 0.878. The standard InChI is InChI=1S/C14H18F3N3O3S/c1-19(2)13(21)11-4-3-7-20(11)9-5-6-12(24(18,22)23)10(8-9)14(15,16)17/h5-6,8,11H,3-4,7H2,1-2H3,(H2,18,22,23). The van der Waals surface area contributed by atoms with Crippen molar-refractivity contribution in [2.45, 2.75) is 30.0 Å². The maximum absolute atomic E-state index is 13.2. The summed E-state index contributed by atoms with van der Waals surface area (Å²) in [7, 11) is -1.37. The smallest absolute Gasteiger partial charge is 0.360 e. The molecule has 1 fully saturated rings. The molecule has 10 heteroatoms. The van der Waals surface area contributed by atoms with Gasteiger partial charge in [0.25, 0.3) is 0 Å². The fraction of sp³-hybridized carbons (Fsp3) is 0.500. The molecule has 1 saturated heterocycles. The third-order valence-electron chi connectivity index (χ3n) is 3.89. The molecule has 24 heavy (non-hydrogen) atoms. The van der Waals surface area contributed by atoms with Crippen LogP contribution in [0.15, 0.2) is 23.1 Å². The summed E-state index contributed by atoms with van der Waals surface area (Å²) in [5.74, 6) is -0.211. The second-order valence-corrected chi connectivity index (χ2v) is 7.34. The Kier molecular flexibility index (Phi) is 4.82. The van der Waals surface area contributed by atoms with Gasteiger partial charge in [0.2, 0.25) is 15.9 Å². The first-order chi connectivity index (χ1) is 10.9. The molecule has 2 N–H and O–H groups in total. The fourth-order valence-electron chi connectivity index (χ4n) is 2.80. The molecule has 6 nitrogen and oxygen atoms in total. The number of nitrogens with zero attached hydrogens (tertiary/aromatic N) is 2. The molecule has 0 aromatic heterocycles. The molecule has 0 aliphatic carbocycles. The van der Waals surface area contributed by atoms with Crippen LogP contribution in [0, 0.1) is 0 Å². The number of hydrogen-bond acceptors (Lipinski definition) is 4. The van der Waals surface area contributed by atoms with Crippen LogP contribution in [0.5, 0.6) is 0 Å². The molecule has 1 aliphatic heterocycles. The molecule has 2 rings (SSSR count). The molecule has 1 heterocycles. The SMILES string of the molecule is CN(C)C(=O)C1CCCN1c1ccc(S(N)(=O)=O)c(C(F)(F)F)c1. The highest BCUT2D eigenvalue weighted by Crippen LogP contribution is 2.37. The van der Waals surface area contributed by atoms with Gasteiger partial charge in [-0.2, -0.15) is 13.2 Å². The minimum absolute atomic E-state index is 0.146. The summed E-state index contributed by atoms with van der Waals surface area (Å²) in [6, 6.07) is 2.25. The molecule has 0 saturated carbocycles. The number of primary sulfonamides is 1. The normalized spacial score (nSPS) is 18.8. The van der Waals surface area contributed by atoms with Crippen LogP contribution >= 0.6 is 0 Å². The van der Waals surface area contributed by atoms with Gasteiger partial charge in [0.1, 0.15) is 6.04 Å². The van der Waals surface area contributed by atoms with Gasteiger partial charge in [-0.05, 0) is 31.0 Å². The number of alkyl halides is 3. The minimum Gasteiger partial charge on any atom is -0.360 e. The summed E-state index contributed by atoms with van der Waals surface area (Å²) in [6.07, 6.45) is -3.70. The second kappa shape index (κ2) is 6.25. The lowest BCUT2D eigenvalue weighted by molar-refractivity contribution is -0.139. The van der Waals surface area contributed by atoms with E-state index < -0.39 is 32.7 Å². The average Bonchev–Trinajstić information content (AvgIpc) is 2.93. The van der Waals surface area contributed by atoms with Gasteiger partial charge in [0, 0.05) is 26.3 Å². The van der Waals surface area contributed by atoms with Crippen LogP contribution in [-0.4, -0.2) is 45.9 Å². The number of carbonyl (C=O) groups is 1. The van der Waals surface area contributed by atoms with E-state index in [2.05, 4.69) is 0 Å². The van der Waals surface area contributed by atoms with Crippen molar-refractivity contribution in [1.82, 2.24) is 4.90 Å². The molecule has 1 unspecified atom stereocenters. The largest absolute Gasteiger partial charge is 0.417 e. The second-order valence-electron chi connectivity index (χ2n) is 5.81. The van der Waals surface area contributed by atoms with E-state index in [0.717, 1.165) is 12.1 Å². The lowest BCUT2D eigenvalue weighted by Gasteiger charge is -2.28. The Morgan fingerprint density at radius 2 is 1.96 bits per heavy atom. The van der Waals surface area contributed by atoms with Crippen LogP contribution < -0.4 is 10.0 Å². The Bertz CT molecular complexity index is 747. The summed E-state index contributed by atoms with van der Waals surface area (Å²) >= 11 is 0. The van der Waals surface area contributed by atoms with Crippen molar-refractivity contribution in [3.63, 3.8) is 0 Å². The van der Waals surface area contributed by atoms with Gasteiger partial charge in [0.15, 0.2) is 0 Å². The number of amides is 1. The number of hydrogen-bond donors (Lipinski definition) is 1. The third kappa shape index (κ3) is 3.64. The van der Waals surface area contributed by atoms with E-state index in [9.17, 15) is 26.4 Å². The zero-order chi connectivity index (χ0) is 18.3. The van der Waals surface area contributed by atoms with Gasteiger partial charge < -0.3 is 9.80 Å². The molecular weight excluding hydrogens is 347 g/mol. The van der Waals surface area contributed by atoms with Crippen LogP contribution in [0.3, 0.4) is 0 Å². The van der Waals surface area contributed by atoms with Crippen molar-refractivity contribution in [3.8, 4) is 0 Å². The van der Waals surface area contributed by atoms with Gasteiger partial charge >= 0.3 is 6.18 Å². The van der Waals surface area contributed by atoms with Gasteiger partial charge in [-0.25, -0.2) is 13.6 Å². The van der Waals surface area contributed by atoms with Crippen LogP contribution in [-0.2, 0) is 21.0 Å². The van der Waals surface area contributed by atoms with Crippen LogP contribution in [0.2, 0.25) is 0 Å². The highest BCUT2D eigenvalue weighted by Gasteiger charge is 2.38. The molecule has 0 spiro atoms. The Labute approximate surface area is 138 Å². The summed E-state index contributed by atoms with van der Waals surface area (Å²) < 4.78 is 62.4. The van der Waals surface area contributed by atoms with Crippen molar-refractivity contribution < 1.29 is 26.4 Å². The molecule has 1 aromatic rings. The zero-order valence-electron chi connectivity index (χ0n) is 13.2. The first-order valence-electron chi connectivity index (χ1n) is 7.15. The summed E-state index contributed by atoms with van der Waals surface area (Å²) in [5, 5.41) is 4.87. The summed E-state index contributed by atoms with van der Waals surface area (Å²) in [4.78, 5) is 14.1. The van der Waals surface area contributed by atoms with E-state index in [1.54, 1.807) is 19.0 Å². The van der Waals surface area contributed by atoms with Gasteiger partial charge in [-0.15, -0.1) is 0 Å². The van der Waals surface area contributed by atoms with Crippen LogP contribution in [0.4, 0.5) is 18.9 Å². The monoisotopic (exact) mass is 365 g/mol. The maximum Gasteiger partial charge on any atom is 0.417 e. The lowest BCUT2D eigenvalue weighted by Crippen LogP contribution is -2.42. The first-order valence-corrected chi connectivity index (χ1v) is 8.69. The number of rotatable bonds is 3. The number of anilines is 1. The van der Waals surface area contributed by atoms with Crippen molar-refractivity contribution in [1.29, 1.82) is 0 Å². The molecular formula is C14H18F3N3O3S. The van der Waals surface area contributed by atoms with E-state index in [4.69, 9.17) is 5.14 Å². The van der Waals surface area contributed by atoms with Crippen molar-refractivity contribution in [3.05, 3.63) is 23.8 Å². The van der Waals surface area contributed by atoms with E-state index in [-0.39, 0.29) is 11.6 Å². The van der Waals surface area contributed by atoms with Crippen molar-refractivity contribution in [2.24, 2.45) is 5.14 Å². The lowest BCUT2D eigenvalue weighted by atomic mass is 10.1. The minimum atomic E-state index is -4.88. The Balaban J connectivity index is 2.51. The van der Waals surface area contributed by atoms with E-state index >= 15 is 0 Å². The van der Waals surface area contributed by atoms with E-state index in [1.807, 2.05) is 0 Å². The Morgan fingerprint density at radius 1 is 1.33 bits per heavy atom. The summed E-state index contributed by atoms with van der Waals surface area (Å²) in [5.41, 5.74) is -1.18. The Hall–Kier alpha value is -1.81. The molecule has 134 valence electrons. The molecule has 1 aromatic carbocycles. The molecule has 1 amide bonds. The molecule has 1 aliphatic rings. The highest BCUT2D eigenvalue weighted by atomic mass is 32.2. The highest BCUT2D eigenvalue weighted by molar-refractivity contribution is 7.89. The maximum atomic E-state index is 13.2. The van der Waals surface area contributed by atoms with E-state index in [1.165, 1.54) is 11.0 Å². The number of sulfonamides is 1. The van der Waals surface area contributed by atoms with Gasteiger partial charge in [0.05, 0.1) is 10.5 Å². The third-order valence-corrected chi connectivity index (χ3v) is 4.85. The predicted octanol–water partition coefficient (Wildman–Crippen LogP) is 1.41. The molecule has 0 radical (unpaired) electrons. The fourth-order valence-corrected chi connectivity index (χ4v) is 3.54. The zero-order valence-corrected chi connectivity index (χ0v) is 14.0. The average molecular weight is 365 g/mol. The topological polar surface area (TPSA) is 83.7 Å². The number of benzene rings is 1. The number of halogens is 3. The number of nitrogens with two attached hydrogens (primary N) is 1. The predicted molar refractivity (Wildman–Crippen MR) is 81.9 cm³/mol. The van der Waals surface area contributed by atoms with Crippen LogP contribution in [0.1, 0.15) is 18.4 Å². The van der Waals surface area contributed by atoms with Crippen molar-refractivity contribution in [2.75, 3.05) is 25.5 Å². The Morgan fingerprint density at radius 3 is 2.46 bits per heavy atom. The summed E-state index contributed by atoms with van der Waals surface area (Å²) in [6.45, 7) is 0.413. The van der Waals surface area contributed by atoms with Gasteiger partial charge in [-0.3, -0.25) is 4.79 Å². The number of likely N-dealkylation sites (N-methyl/N-ethyl adjacent to an activating group) is 1. The van der Waals surface area contributed by atoms with Gasteiger partial charge in [-0.1, -0.05) is 0 Å².